The van der Waals surface area contributed by atoms with Gasteiger partial charge in [-0.15, -0.1) is 0 Å². The highest BCUT2D eigenvalue weighted by Crippen LogP contribution is 2.23. The van der Waals surface area contributed by atoms with Crippen molar-refractivity contribution in [2.45, 2.75) is 33.2 Å². The van der Waals surface area contributed by atoms with Crippen LogP contribution in [0, 0.1) is 13.8 Å². The molecule has 1 unspecified atom stereocenters. The Morgan fingerprint density at radius 2 is 2.00 bits per heavy atom. The van der Waals surface area contributed by atoms with E-state index in [1.807, 2.05) is 38.1 Å². The minimum Gasteiger partial charge on any atom is -0.464 e. The van der Waals surface area contributed by atoms with Crippen LogP contribution >= 0.6 is 0 Å². The summed E-state index contributed by atoms with van der Waals surface area (Å²) >= 11 is 0. The average molecular weight is 230 g/mol. The molecule has 0 aliphatic heterocycles. The van der Waals surface area contributed by atoms with E-state index in [0.29, 0.717) is 0 Å². The van der Waals surface area contributed by atoms with Crippen molar-refractivity contribution < 1.29 is 4.42 Å². The van der Waals surface area contributed by atoms with Gasteiger partial charge in [0, 0.05) is 17.8 Å². The van der Waals surface area contributed by atoms with Crippen molar-refractivity contribution in [2.24, 2.45) is 5.73 Å². The molecular weight excluding hydrogens is 212 g/mol. The third-order valence-corrected chi connectivity index (χ3v) is 2.94. The third kappa shape index (κ3) is 2.39. The lowest BCUT2D eigenvalue weighted by Gasteiger charge is -2.12. The van der Waals surface area contributed by atoms with Crippen molar-refractivity contribution in [3.05, 3.63) is 52.7 Å². The lowest BCUT2D eigenvalue weighted by Crippen LogP contribution is -2.13. The normalized spacial score (nSPS) is 12.7. The molecule has 0 amide bonds. The van der Waals surface area contributed by atoms with Gasteiger partial charge in [0.1, 0.15) is 11.5 Å². The molecule has 3 heteroatoms. The van der Waals surface area contributed by atoms with Gasteiger partial charge in [0.05, 0.1) is 6.04 Å². The monoisotopic (exact) mass is 230 g/mol. The summed E-state index contributed by atoms with van der Waals surface area (Å²) in [5, 5.41) is 0. The number of pyridine rings is 1. The first kappa shape index (κ1) is 11.9. The highest BCUT2D eigenvalue weighted by Gasteiger charge is 2.15. The molecule has 0 radical (unpaired) electrons. The van der Waals surface area contributed by atoms with Crippen LogP contribution < -0.4 is 5.73 Å². The summed E-state index contributed by atoms with van der Waals surface area (Å²) in [5.74, 6) is 1.77. The first-order valence-corrected chi connectivity index (χ1v) is 5.90. The zero-order valence-electron chi connectivity index (χ0n) is 10.5. The average Bonchev–Trinajstić information content (AvgIpc) is 2.76. The summed E-state index contributed by atoms with van der Waals surface area (Å²) in [4.78, 5) is 4.43. The van der Waals surface area contributed by atoms with Crippen molar-refractivity contribution >= 4 is 0 Å². The summed E-state index contributed by atoms with van der Waals surface area (Å²) in [6.07, 6.45) is 0.887. The van der Waals surface area contributed by atoms with Crippen LogP contribution in [0.2, 0.25) is 0 Å². The van der Waals surface area contributed by atoms with Gasteiger partial charge in [0.2, 0.25) is 0 Å². The van der Waals surface area contributed by atoms with E-state index in [1.54, 1.807) is 0 Å². The molecule has 2 N–H and O–H groups in total. The van der Waals surface area contributed by atoms with Crippen LogP contribution in [0.25, 0.3) is 0 Å². The third-order valence-electron chi connectivity index (χ3n) is 2.94. The smallest absolute Gasteiger partial charge is 0.125 e. The fourth-order valence-corrected chi connectivity index (χ4v) is 1.93. The second-order valence-corrected chi connectivity index (χ2v) is 4.26. The SMILES string of the molecule is CCc1ccc(C(N)c2ccc(C)nc2C)o1. The van der Waals surface area contributed by atoms with Crippen LogP contribution in [0.15, 0.2) is 28.7 Å². The number of hydrogen-bond donors (Lipinski definition) is 1. The molecule has 17 heavy (non-hydrogen) atoms. The maximum Gasteiger partial charge on any atom is 0.125 e. The molecule has 0 fully saturated rings. The van der Waals surface area contributed by atoms with E-state index in [-0.39, 0.29) is 6.04 Å². The Labute approximate surface area is 102 Å². The van der Waals surface area contributed by atoms with Crippen LogP contribution in [-0.2, 0) is 6.42 Å². The maximum absolute atomic E-state index is 6.20. The summed E-state index contributed by atoms with van der Waals surface area (Å²) in [7, 11) is 0. The molecule has 2 aromatic heterocycles. The maximum atomic E-state index is 6.20. The molecule has 3 nitrogen and oxygen atoms in total. The van der Waals surface area contributed by atoms with Crippen LogP contribution in [0.3, 0.4) is 0 Å². The van der Waals surface area contributed by atoms with Crippen molar-refractivity contribution in [3.63, 3.8) is 0 Å². The molecule has 0 aliphatic carbocycles. The number of nitrogens with zero attached hydrogens (tertiary/aromatic N) is 1. The second kappa shape index (κ2) is 4.72. The van der Waals surface area contributed by atoms with E-state index < -0.39 is 0 Å². The summed E-state index contributed by atoms with van der Waals surface area (Å²) in [6, 6.07) is 7.69. The Bertz CT molecular complexity index is 517. The number of hydrogen-bond acceptors (Lipinski definition) is 3. The molecule has 2 aromatic rings. The number of aromatic nitrogens is 1. The van der Waals surface area contributed by atoms with Crippen LogP contribution in [-0.4, -0.2) is 4.98 Å². The van der Waals surface area contributed by atoms with Crippen molar-refractivity contribution in [3.8, 4) is 0 Å². The number of furan rings is 1. The molecule has 1 atom stereocenters. The number of nitrogens with two attached hydrogens (primary N) is 1. The van der Waals surface area contributed by atoms with Gasteiger partial charge in [-0.2, -0.15) is 0 Å². The minimum absolute atomic E-state index is 0.233. The summed E-state index contributed by atoms with van der Waals surface area (Å²) in [5.41, 5.74) is 9.19. The van der Waals surface area contributed by atoms with Gasteiger partial charge >= 0.3 is 0 Å². The lowest BCUT2D eigenvalue weighted by molar-refractivity contribution is 0.453. The summed E-state index contributed by atoms with van der Waals surface area (Å²) < 4.78 is 5.68. The Kier molecular flexibility index (Phi) is 3.29. The van der Waals surface area contributed by atoms with Gasteiger partial charge < -0.3 is 10.2 Å². The molecule has 0 saturated carbocycles. The zero-order valence-corrected chi connectivity index (χ0v) is 10.5. The van der Waals surface area contributed by atoms with Gasteiger partial charge in [-0.3, -0.25) is 4.98 Å². The topological polar surface area (TPSA) is 52.0 Å². The first-order chi connectivity index (χ1) is 8.11. The number of aryl methyl sites for hydroxylation is 3. The molecule has 0 aromatic carbocycles. The van der Waals surface area contributed by atoms with Crippen LogP contribution in [0.5, 0.6) is 0 Å². The Morgan fingerprint density at radius 1 is 1.24 bits per heavy atom. The predicted octanol–water partition coefficient (Wildman–Crippen LogP) is 2.90. The van der Waals surface area contributed by atoms with Crippen molar-refractivity contribution in [1.29, 1.82) is 0 Å². The van der Waals surface area contributed by atoms with E-state index in [9.17, 15) is 0 Å². The molecule has 0 aliphatic rings. The predicted molar refractivity (Wildman–Crippen MR) is 67.8 cm³/mol. The highest BCUT2D eigenvalue weighted by molar-refractivity contribution is 5.30. The highest BCUT2D eigenvalue weighted by atomic mass is 16.3. The zero-order chi connectivity index (χ0) is 12.4. The van der Waals surface area contributed by atoms with Gasteiger partial charge in [-0.05, 0) is 37.6 Å². The van der Waals surface area contributed by atoms with E-state index in [4.69, 9.17) is 10.2 Å². The van der Waals surface area contributed by atoms with E-state index in [1.165, 1.54) is 0 Å². The Hall–Kier alpha value is -1.61. The Morgan fingerprint density at radius 3 is 2.59 bits per heavy atom. The van der Waals surface area contributed by atoms with Gasteiger partial charge in [0.25, 0.3) is 0 Å². The molecule has 0 bridgehead atoms. The van der Waals surface area contributed by atoms with E-state index in [0.717, 1.165) is 34.9 Å². The Balaban J connectivity index is 2.33. The van der Waals surface area contributed by atoms with E-state index in [2.05, 4.69) is 11.9 Å². The molecule has 2 heterocycles. The first-order valence-electron chi connectivity index (χ1n) is 5.90. The van der Waals surface area contributed by atoms with Crippen LogP contribution in [0.1, 0.15) is 41.4 Å². The standard InChI is InChI=1S/C14H18N2O/c1-4-11-6-8-13(17-11)14(15)12-7-5-9(2)16-10(12)3/h5-8,14H,4,15H2,1-3H3. The minimum atomic E-state index is -0.233. The van der Waals surface area contributed by atoms with Crippen molar-refractivity contribution in [2.75, 3.05) is 0 Å². The fourth-order valence-electron chi connectivity index (χ4n) is 1.93. The number of rotatable bonds is 3. The largest absolute Gasteiger partial charge is 0.464 e. The van der Waals surface area contributed by atoms with E-state index >= 15 is 0 Å². The second-order valence-electron chi connectivity index (χ2n) is 4.26. The quantitative estimate of drug-likeness (QED) is 0.882. The van der Waals surface area contributed by atoms with Gasteiger partial charge in [-0.25, -0.2) is 0 Å². The molecule has 0 spiro atoms. The van der Waals surface area contributed by atoms with Gasteiger partial charge in [-0.1, -0.05) is 13.0 Å². The lowest BCUT2D eigenvalue weighted by atomic mass is 10.0. The molecule has 0 saturated heterocycles. The molecule has 90 valence electrons. The molecule has 2 rings (SSSR count). The fraction of sp³-hybridized carbons (Fsp3) is 0.357. The molecular formula is C14H18N2O. The summed E-state index contributed by atoms with van der Waals surface area (Å²) in [6.45, 7) is 6.02. The van der Waals surface area contributed by atoms with Gasteiger partial charge in [0.15, 0.2) is 0 Å². The van der Waals surface area contributed by atoms with Crippen LogP contribution in [0.4, 0.5) is 0 Å². The van der Waals surface area contributed by atoms with Crippen molar-refractivity contribution in [1.82, 2.24) is 4.98 Å².